The number of hydrogen-bond donors (Lipinski definition) is 2. The number of benzene rings is 2. The third kappa shape index (κ3) is 5.55. The molecule has 0 aliphatic carbocycles. The molecule has 2 N–H and O–H groups in total. The number of anilines is 3. The SMILES string of the molecule is CCN(CC(=O)Nc1c(Cl)cccc1Cl)CC(=O)N1c2ccccc2NC(=O)C[C@H]1C. The zero-order valence-electron chi connectivity index (χ0n) is 17.3. The average molecular weight is 463 g/mol. The Kier molecular flexibility index (Phi) is 7.54. The Bertz CT molecular complexity index is 978. The summed E-state index contributed by atoms with van der Waals surface area (Å²) in [6.07, 6.45) is 0.192. The molecule has 2 aromatic rings. The second kappa shape index (κ2) is 10.1. The molecule has 1 aliphatic rings. The molecule has 164 valence electrons. The van der Waals surface area contributed by atoms with Crippen LogP contribution in [0.3, 0.4) is 0 Å². The Labute approximate surface area is 191 Å². The first-order chi connectivity index (χ1) is 14.8. The monoisotopic (exact) mass is 462 g/mol. The van der Waals surface area contributed by atoms with Crippen LogP contribution in [0.4, 0.5) is 17.1 Å². The predicted molar refractivity (Wildman–Crippen MR) is 124 cm³/mol. The number of hydrogen-bond acceptors (Lipinski definition) is 4. The summed E-state index contributed by atoms with van der Waals surface area (Å²) >= 11 is 12.2. The van der Waals surface area contributed by atoms with Gasteiger partial charge in [0, 0.05) is 12.5 Å². The van der Waals surface area contributed by atoms with Crippen LogP contribution in [0.2, 0.25) is 10.0 Å². The van der Waals surface area contributed by atoms with Gasteiger partial charge in [-0.2, -0.15) is 0 Å². The number of halogens is 2. The number of carbonyl (C=O) groups is 3. The van der Waals surface area contributed by atoms with Gasteiger partial charge in [-0.25, -0.2) is 0 Å². The summed E-state index contributed by atoms with van der Waals surface area (Å²) in [6, 6.07) is 11.8. The number of para-hydroxylation sites is 3. The molecule has 1 atom stereocenters. The summed E-state index contributed by atoms with van der Waals surface area (Å²) in [7, 11) is 0. The lowest BCUT2D eigenvalue weighted by Crippen LogP contribution is -2.46. The van der Waals surface area contributed by atoms with Crippen LogP contribution in [-0.4, -0.2) is 48.3 Å². The number of nitrogens with one attached hydrogen (secondary N) is 2. The number of carbonyl (C=O) groups excluding carboxylic acids is 3. The zero-order chi connectivity index (χ0) is 22.5. The van der Waals surface area contributed by atoms with Crippen molar-refractivity contribution >= 4 is 58.0 Å². The topological polar surface area (TPSA) is 81.8 Å². The molecule has 1 heterocycles. The van der Waals surface area contributed by atoms with E-state index in [1.54, 1.807) is 46.2 Å². The van der Waals surface area contributed by atoms with Gasteiger partial charge in [0.1, 0.15) is 0 Å². The fraction of sp³-hybridized carbons (Fsp3) is 0.318. The maximum Gasteiger partial charge on any atom is 0.241 e. The van der Waals surface area contributed by atoms with Gasteiger partial charge in [-0.1, -0.05) is 48.3 Å². The Hall–Kier alpha value is -2.61. The van der Waals surface area contributed by atoms with Gasteiger partial charge in [-0.15, -0.1) is 0 Å². The van der Waals surface area contributed by atoms with E-state index in [0.29, 0.717) is 33.7 Å². The van der Waals surface area contributed by atoms with Gasteiger partial charge < -0.3 is 15.5 Å². The molecule has 0 unspecified atom stereocenters. The van der Waals surface area contributed by atoms with E-state index in [9.17, 15) is 14.4 Å². The molecule has 7 nitrogen and oxygen atoms in total. The summed E-state index contributed by atoms with van der Waals surface area (Å²) in [6.45, 7) is 4.20. The quantitative estimate of drug-likeness (QED) is 0.678. The van der Waals surface area contributed by atoms with Gasteiger partial charge in [-0.3, -0.25) is 19.3 Å². The van der Waals surface area contributed by atoms with Crippen LogP contribution < -0.4 is 15.5 Å². The minimum atomic E-state index is -0.328. The molecule has 3 amide bonds. The van der Waals surface area contributed by atoms with Crippen LogP contribution in [0.5, 0.6) is 0 Å². The largest absolute Gasteiger partial charge is 0.324 e. The molecule has 1 aliphatic heterocycles. The van der Waals surface area contributed by atoms with Gasteiger partial charge in [0.25, 0.3) is 0 Å². The average Bonchev–Trinajstić information content (AvgIpc) is 2.84. The predicted octanol–water partition coefficient (Wildman–Crippen LogP) is 4.02. The van der Waals surface area contributed by atoms with E-state index >= 15 is 0 Å². The van der Waals surface area contributed by atoms with Crippen molar-refractivity contribution in [3.05, 3.63) is 52.5 Å². The fourth-order valence-corrected chi connectivity index (χ4v) is 4.01. The number of fused-ring (bicyclic) bond motifs is 1. The van der Waals surface area contributed by atoms with Crippen LogP contribution in [-0.2, 0) is 14.4 Å². The number of rotatable bonds is 6. The Morgan fingerprint density at radius 1 is 1.13 bits per heavy atom. The molecule has 0 aromatic heterocycles. The smallest absolute Gasteiger partial charge is 0.241 e. The molecule has 0 spiro atoms. The van der Waals surface area contributed by atoms with Crippen LogP contribution in [0.1, 0.15) is 20.3 Å². The Morgan fingerprint density at radius 2 is 1.81 bits per heavy atom. The summed E-state index contributed by atoms with van der Waals surface area (Å²) in [5, 5.41) is 6.23. The Morgan fingerprint density at radius 3 is 2.48 bits per heavy atom. The summed E-state index contributed by atoms with van der Waals surface area (Å²) in [5.41, 5.74) is 1.59. The molecule has 0 radical (unpaired) electrons. The van der Waals surface area contributed by atoms with Crippen LogP contribution in [0.25, 0.3) is 0 Å². The molecular formula is C22H24Cl2N4O3. The van der Waals surface area contributed by atoms with E-state index in [4.69, 9.17) is 23.2 Å². The minimum absolute atomic E-state index is 0.00909. The third-order valence-electron chi connectivity index (χ3n) is 5.03. The second-order valence-electron chi connectivity index (χ2n) is 7.33. The van der Waals surface area contributed by atoms with E-state index < -0.39 is 0 Å². The molecule has 0 saturated heterocycles. The fourth-order valence-electron chi connectivity index (χ4n) is 3.51. The lowest BCUT2D eigenvalue weighted by Gasteiger charge is -2.30. The van der Waals surface area contributed by atoms with Gasteiger partial charge >= 0.3 is 0 Å². The zero-order valence-corrected chi connectivity index (χ0v) is 18.8. The van der Waals surface area contributed by atoms with E-state index in [1.807, 2.05) is 19.9 Å². The normalized spacial score (nSPS) is 15.8. The van der Waals surface area contributed by atoms with Crippen LogP contribution in [0, 0.1) is 0 Å². The highest BCUT2D eigenvalue weighted by Gasteiger charge is 2.30. The van der Waals surface area contributed by atoms with Crippen molar-refractivity contribution in [3.63, 3.8) is 0 Å². The highest BCUT2D eigenvalue weighted by Crippen LogP contribution is 2.32. The van der Waals surface area contributed by atoms with Crippen LogP contribution in [0.15, 0.2) is 42.5 Å². The van der Waals surface area contributed by atoms with Crippen molar-refractivity contribution in [1.29, 1.82) is 0 Å². The van der Waals surface area contributed by atoms with E-state index in [2.05, 4.69) is 10.6 Å². The van der Waals surface area contributed by atoms with Crippen molar-refractivity contribution in [1.82, 2.24) is 4.90 Å². The summed E-state index contributed by atoms with van der Waals surface area (Å²) in [5.74, 6) is -0.661. The standard InChI is InChI=1S/C22H24Cl2N4O3/c1-3-27(12-20(30)26-22-15(23)7-6-8-16(22)24)13-21(31)28-14(2)11-19(29)25-17-9-4-5-10-18(17)28/h4-10,14H,3,11-13H2,1-2H3,(H,25,29)(H,26,30)/t14-/m1/s1. The summed E-state index contributed by atoms with van der Waals surface area (Å²) in [4.78, 5) is 41.3. The molecular weight excluding hydrogens is 439 g/mol. The molecule has 0 bridgehead atoms. The van der Waals surface area contributed by atoms with Gasteiger partial charge in [0.15, 0.2) is 0 Å². The molecule has 3 rings (SSSR count). The Balaban J connectivity index is 1.72. The van der Waals surface area contributed by atoms with E-state index in [1.165, 1.54) is 0 Å². The van der Waals surface area contributed by atoms with Crippen molar-refractivity contribution < 1.29 is 14.4 Å². The molecule has 0 fully saturated rings. The van der Waals surface area contributed by atoms with Gasteiger partial charge in [-0.05, 0) is 37.7 Å². The lowest BCUT2D eigenvalue weighted by atomic mass is 10.1. The molecule has 9 heteroatoms. The highest BCUT2D eigenvalue weighted by atomic mass is 35.5. The lowest BCUT2D eigenvalue weighted by molar-refractivity contribution is -0.121. The third-order valence-corrected chi connectivity index (χ3v) is 5.66. The van der Waals surface area contributed by atoms with Gasteiger partial charge in [0.05, 0.1) is 40.2 Å². The first-order valence-electron chi connectivity index (χ1n) is 9.97. The van der Waals surface area contributed by atoms with E-state index in [0.717, 1.165) is 0 Å². The number of likely N-dealkylation sites (N-methyl/N-ethyl adjacent to an activating group) is 1. The highest BCUT2D eigenvalue weighted by molar-refractivity contribution is 6.39. The minimum Gasteiger partial charge on any atom is -0.324 e. The van der Waals surface area contributed by atoms with Crippen molar-refractivity contribution in [2.45, 2.75) is 26.3 Å². The first kappa shape index (κ1) is 23.1. The summed E-state index contributed by atoms with van der Waals surface area (Å²) < 4.78 is 0. The van der Waals surface area contributed by atoms with E-state index in [-0.39, 0.29) is 43.3 Å². The number of amides is 3. The second-order valence-corrected chi connectivity index (χ2v) is 8.14. The molecule has 31 heavy (non-hydrogen) atoms. The maximum absolute atomic E-state index is 13.2. The van der Waals surface area contributed by atoms with Crippen molar-refractivity contribution in [2.75, 3.05) is 35.2 Å². The van der Waals surface area contributed by atoms with Crippen molar-refractivity contribution in [2.24, 2.45) is 0 Å². The van der Waals surface area contributed by atoms with Crippen LogP contribution >= 0.6 is 23.2 Å². The molecule has 2 aromatic carbocycles. The first-order valence-corrected chi connectivity index (χ1v) is 10.7. The molecule has 0 saturated carbocycles. The number of nitrogens with zero attached hydrogens (tertiary/aromatic N) is 2. The maximum atomic E-state index is 13.2. The van der Waals surface area contributed by atoms with Crippen molar-refractivity contribution in [3.8, 4) is 0 Å². The van der Waals surface area contributed by atoms with Gasteiger partial charge in [0.2, 0.25) is 17.7 Å².